The highest BCUT2D eigenvalue weighted by Gasteiger charge is 2.35. The lowest BCUT2D eigenvalue weighted by Crippen LogP contribution is -2.46. The van der Waals surface area contributed by atoms with Gasteiger partial charge in [-0.3, -0.25) is 0 Å². The fraction of sp³-hybridized carbons (Fsp3) is 0.550. The third-order valence-corrected chi connectivity index (χ3v) is 6.38. The highest BCUT2D eigenvalue weighted by Crippen LogP contribution is 2.33. The lowest BCUT2D eigenvalue weighted by atomic mass is 9.96. The average Bonchev–Trinajstić information content (AvgIpc) is 3.41. The van der Waals surface area contributed by atoms with E-state index in [1.807, 2.05) is 11.6 Å². The summed E-state index contributed by atoms with van der Waals surface area (Å²) in [5.41, 5.74) is 0.782. The summed E-state index contributed by atoms with van der Waals surface area (Å²) in [6.45, 7) is 3.77. The van der Waals surface area contributed by atoms with E-state index >= 15 is 0 Å². The molecule has 0 spiro atoms. The highest BCUT2D eigenvalue weighted by atomic mass is 32.2. The monoisotopic (exact) mass is 446 g/mol. The Hall–Kier alpha value is -2.82. The summed E-state index contributed by atoms with van der Waals surface area (Å²) in [7, 11) is 0. The Bertz CT molecular complexity index is 978. The van der Waals surface area contributed by atoms with E-state index < -0.39 is 18.0 Å². The van der Waals surface area contributed by atoms with Crippen LogP contribution in [0.5, 0.6) is 0 Å². The normalized spacial score (nSPS) is 19.8. The van der Waals surface area contributed by atoms with Crippen LogP contribution in [0.3, 0.4) is 0 Å². The Morgan fingerprint density at radius 2 is 2.13 bits per heavy atom. The van der Waals surface area contributed by atoms with Gasteiger partial charge in [0.1, 0.15) is 17.6 Å². The summed E-state index contributed by atoms with van der Waals surface area (Å²) in [5.74, 6) is 0.972. The number of rotatable bonds is 7. The van der Waals surface area contributed by atoms with Crippen molar-refractivity contribution in [1.29, 1.82) is 0 Å². The second-order valence-corrected chi connectivity index (χ2v) is 8.52. The van der Waals surface area contributed by atoms with E-state index in [2.05, 4.69) is 26.2 Å². The van der Waals surface area contributed by atoms with Crippen LogP contribution in [-0.2, 0) is 9.53 Å². The standard InChI is InChI=1S/C20H26N6O4S/c1-3-29-18(27)16-14(21-19(28)22-17(16)15-10-9-12(2)30-15)11-31-20-23-24-25-26(20)13-7-5-4-6-8-13/h9-10,13,17H,3-8,11H2,1-2H3,(H2,21,22,28). The number of nitrogens with one attached hydrogen (secondary N) is 2. The van der Waals surface area contributed by atoms with Gasteiger partial charge < -0.3 is 19.8 Å². The van der Waals surface area contributed by atoms with Gasteiger partial charge >= 0.3 is 12.0 Å². The zero-order valence-corrected chi connectivity index (χ0v) is 18.4. The maximum Gasteiger partial charge on any atom is 0.338 e. The molecule has 0 saturated heterocycles. The van der Waals surface area contributed by atoms with E-state index in [4.69, 9.17) is 9.15 Å². The molecule has 2 amide bonds. The Balaban J connectivity index is 1.61. The molecule has 2 N–H and O–H groups in total. The van der Waals surface area contributed by atoms with E-state index in [-0.39, 0.29) is 12.6 Å². The van der Waals surface area contributed by atoms with Crippen molar-refractivity contribution in [3.63, 3.8) is 0 Å². The molecule has 2 aliphatic rings. The highest BCUT2D eigenvalue weighted by molar-refractivity contribution is 7.99. The largest absolute Gasteiger partial charge is 0.464 e. The van der Waals surface area contributed by atoms with Gasteiger partial charge in [0.2, 0.25) is 5.16 Å². The van der Waals surface area contributed by atoms with Crippen LogP contribution in [0.1, 0.15) is 62.6 Å². The minimum atomic E-state index is -0.730. The number of hydrogen-bond acceptors (Lipinski definition) is 8. The van der Waals surface area contributed by atoms with Gasteiger partial charge in [-0.05, 0) is 49.2 Å². The molecule has 1 aliphatic carbocycles. The third kappa shape index (κ3) is 4.76. The first-order valence-corrected chi connectivity index (χ1v) is 11.5. The summed E-state index contributed by atoms with van der Waals surface area (Å²) in [6, 6.07) is 2.69. The zero-order valence-electron chi connectivity index (χ0n) is 17.6. The number of ether oxygens (including phenoxy) is 1. The molecule has 10 nitrogen and oxygen atoms in total. The average molecular weight is 447 g/mol. The molecule has 31 heavy (non-hydrogen) atoms. The molecule has 1 unspecified atom stereocenters. The predicted molar refractivity (Wildman–Crippen MR) is 112 cm³/mol. The SMILES string of the molecule is CCOC(=O)C1=C(CSc2nnnn2C2CCCCC2)NC(=O)NC1c1ccc(C)o1. The van der Waals surface area contributed by atoms with E-state index in [9.17, 15) is 9.59 Å². The molecule has 2 aromatic heterocycles. The first kappa shape index (κ1) is 21.4. The van der Waals surface area contributed by atoms with Gasteiger partial charge in [0.05, 0.1) is 18.2 Å². The number of tetrazole rings is 1. The van der Waals surface area contributed by atoms with E-state index in [1.165, 1.54) is 31.0 Å². The smallest absolute Gasteiger partial charge is 0.338 e. The van der Waals surface area contributed by atoms with Crippen LogP contribution < -0.4 is 10.6 Å². The number of furan rings is 1. The van der Waals surface area contributed by atoms with Crippen LogP contribution >= 0.6 is 11.8 Å². The maximum atomic E-state index is 12.8. The molecule has 166 valence electrons. The van der Waals surface area contributed by atoms with Crippen molar-refractivity contribution in [3.05, 3.63) is 34.9 Å². The topological polar surface area (TPSA) is 124 Å². The molecule has 11 heteroatoms. The van der Waals surface area contributed by atoms with Crippen LogP contribution in [-0.4, -0.2) is 44.6 Å². The zero-order chi connectivity index (χ0) is 21.8. The molecule has 1 fully saturated rings. The lowest BCUT2D eigenvalue weighted by Gasteiger charge is -2.28. The van der Waals surface area contributed by atoms with E-state index in [0.29, 0.717) is 33.7 Å². The second-order valence-electron chi connectivity index (χ2n) is 7.58. The Morgan fingerprint density at radius 1 is 1.32 bits per heavy atom. The quantitative estimate of drug-likeness (QED) is 0.491. The molecule has 1 atom stereocenters. The number of carbonyl (C=O) groups excluding carboxylic acids is 2. The van der Waals surface area contributed by atoms with Crippen molar-refractivity contribution < 1.29 is 18.7 Å². The summed E-state index contributed by atoms with van der Waals surface area (Å²) in [5, 5.41) is 18.4. The van der Waals surface area contributed by atoms with Crippen molar-refractivity contribution in [2.24, 2.45) is 0 Å². The number of esters is 1. The number of thioether (sulfide) groups is 1. The first-order chi connectivity index (χ1) is 15.1. The van der Waals surface area contributed by atoms with Gasteiger partial charge in [0.25, 0.3) is 0 Å². The number of amides is 2. The number of urea groups is 1. The first-order valence-electron chi connectivity index (χ1n) is 10.5. The molecule has 0 aromatic carbocycles. The number of aromatic nitrogens is 4. The Morgan fingerprint density at radius 3 is 2.84 bits per heavy atom. The lowest BCUT2D eigenvalue weighted by molar-refractivity contribution is -0.139. The fourth-order valence-electron chi connectivity index (χ4n) is 3.98. The van der Waals surface area contributed by atoms with Crippen LogP contribution in [0.2, 0.25) is 0 Å². The molecule has 4 rings (SSSR count). The van der Waals surface area contributed by atoms with Gasteiger partial charge in [0.15, 0.2) is 0 Å². The van der Waals surface area contributed by atoms with Crippen molar-refractivity contribution >= 4 is 23.8 Å². The fourth-order valence-corrected chi connectivity index (χ4v) is 4.89. The van der Waals surface area contributed by atoms with Crippen molar-refractivity contribution in [2.45, 2.75) is 63.2 Å². The Labute approximate surface area is 184 Å². The van der Waals surface area contributed by atoms with E-state index in [0.717, 1.165) is 12.8 Å². The number of aryl methyl sites for hydroxylation is 1. The van der Waals surface area contributed by atoms with Crippen LogP contribution in [0, 0.1) is 6.92 Å². The van der Waals surface area contributed by atoms with Crippen molar-refractivity contribution in [2.75, 3.05) is 12.4 Å². The summed E-state index contributed by atoms with van der Waals surface area (Å²) < 4.78 is 12.8. The maximum absolute atomic E-state index is 12.8. The molecular formula is C20H26N6O4S. The molecule has 1 aliphatic heterocycles. The van der Waals surface area contributed by atoms with Gasteiger partial charge in [-0.15, -0.1) is 5.10 Å². The van der Waals surface area contributed by atoms with Crippen LogP contribution in [0.4, 0.5) is 4.79 Å². The van der Waals surface area contributed by atoms with Gasteiger partial charge in [-0.25, -0.2) is 14.3 Å². The molecular weight excluding hydrogens is 420 g/mol. The Kier molecular flexibility index (Phi) is 6.59. The minimum absolute atomic E-state index is 0.223. The summed E-state index contributed by atoms with van der Waals surface area (Å²) in [6.07, 6.45) is 5.67. The van der Waals surface area contributed by atoms with E-state index in [1.54, 1.807) is 19.1 Å². The molecule has 2 aromatic rings. The predicted octanol–water partition coefficient (Wildman–Crippen LogP) is 3.04. The molecule has 0 bridgehead atoms. The van der Waals surface area contributed by atoms with Gasteiger partial charge in [-0.2, -0.15) is 0 Å². The molecule has 0 radical (unpaired) electrons. The molecule has 3 heterocycles. The number of nitrogens with zero attached hydrogens (tertiary/aromatic N) is 4. The van der Waals surface area contributed by atoms with Crippen molar-refractivity contribution in [3.8, 4) is 0 Å². The van der Waals surface area contributed by atoms with Crippen LogP contribution in [0.25, 0.3) is 0 Å². The number of hydrogen-bond donors (Lipinski definition) is 2. The third-order valence-electron chi connectivity index (χ3n) is 5.42. The van der Waals surface area contributed by atoms with Gasteiger partial charge in [0, 0.05) is 11.4 Å². The van der Waals surface area contributed by atoms with Crippen LogP contribution in [0.15, 0.2) is 33.0 Å². The minimum Gasteiger partial charge on any atom is -0.464 e. The number of carbonyl (C=O) groups is 2. The summed E-state index contributed by atoms with van der Waals surface area (Å²) in [4.78, 5) is 25.2. The second kappa shape index (κ2) is 9.54. The summed E-state index contributed by atoms with van der Waals surface area (Å²) >= 11 is 1.39. The molecule has 1 saturated carbocycles. The van der Waals surface area contributed by atoms with Gasteiger partial charge in [-0.1, -0.05) is 31.0 Å². The van der Waals surface area contributed by atoms with Crippen molar-refractivity contribution in [1.82, 2.24) is 30.8 Å².